The number of non-ortho nitro benzene ring substituents is 2. The zero-order chi connectivity index (χ0) is 27.8. The van der Waals surface area contributed by atoms with Crippen LogP contribution in [0.3, 0.4) is 0 Å². The molecule has 0 spiro atoms. The van der Waals surface area contributed by atoms with Crippen molar-refractivity contribution >= 4 is 73.8 Å². The number of nitrogen functional groups attached to an aromatic ring is 1. The van der Waals surface area contributed by atoms with Gasteiger partial charge in [0.05, 0.1) is 38.2 Å². The van der Waals surface area contributed by atoms with Crippen molar-refractivity contribution in [1.82, 2.24) is 30.4 Å². The van der Waals surface area contributed by atoms with Gasteiger partial charge in [0.15, 0.2) is 22.9 Å². The van der Waals surface area contributed by atoms with Gasteiger partial charge in [-0.15, -0.1) is 22.7 Å². The van der Waals surface area contributed by atoms with Crippen molar-refractivity contribution < 1.29 is 14.6 Å². The number of aldehydes is 1. The number of aromatic nitrogens is 6. The molecule has 0 unspecified atom stereocenters. The summed E-state index contributed by atoms with van der Waals surface area (Å²) in [6.45, 7) is 0.542. The maximum absolute atomic E-state index is 10.8. The lowest BCUT2D eigenvalue weighted by molar-refractivity contribution is -0.384. The molecule has 2 aromatic carbocycles. The Balaban J connectivity index is 0.000000152. The molecule has 0 radical (unpaired) electrons. The molecular formula is C22H18N10O5S2. The summed E-state index contributed by atoms with van der Waals surface area (Å²) in [6.07, 6.45) is 4.08. The molecule has 0 aliphatic rings. The standard InChI is InChI=1S/C11H9N5O2S.C7H6N4O2.C4H3NOS/c17-16(18)7-1-2-9-8(5-7)11(15-14-9)13-6-10-12-3-4-19-10;8-7-5-3-4(11(12)13)1-2-6(5)9-10-7;6-3-4-5-1-2-7-4/h1-5H,6H2,(H2,13,14,15);1-3H,(H3,8,9,10);1-3H. The molecule has 0 saturated heterocycles. The molecule has 0 bridgehead atoms. The number of carbonyl (C=O) groups is 1. The average Bonchev–Trinajstić information content (AvgIpc) is 3.76. The number of anilines is 2. The Morgan fingerprint density at radius 2 is 1.51 bits per heavy atom. The zero-order valence-corrected chi connectivity index (χ0v) is 21.3. The third-order valence-electron chi connectivity index (χ3n) is 4.99. The molecule has 0 aliphatic carbocycles. The van der Waals surface area contributed by atoms with Crippen LogP contribution in [0.5, 0.6) is 0 Å². The molecule has 4 heterocycles. The smallest absolute Gasteiger partial charge is 0.270 e. The number of benzene rings is 2. The van der Waals surface area contributed by atoms with Gasteiger partial charge in [0, 0.05) is 47.4 Å². The fraction of sp³-hybridized carbons (Fsp3) is 0.0455. The van der Waals surface area contributed by atoms with E-state index in [0.29, 0.717) is 33.7 Å². The minimum absolute atomic E-state index is 0.0144. The number of hydrogen-bond acceptors (Lipinski definition) is 13. The minimum atomic E-state index is -0.466. The predicted molar refractivity (Wildman–Crippen MR) is 147 cm³/mol. The highest BCUT2D eigenvalue weighted by atomic mass is 32.1. The van der Waals surface area contributed by atoms with Gasteiger partial charge in [-0.25, -0.2) is 9.97 Å². The average molecular weight is 567 g/mol. The highest BCUT2D eigenvalue weighted by Gasteiger charge is 2.12. The van der Waals surface area contributed by atoms with Crippen molar-refractivity contribution in [2.45, 2.75) is 6.54 Å². The summed E-state index contributed by atoms with van der Waals surface area (Å²) >= 11 is 2.88. The largest absolute Gasteiger partial charge is 0.382 e. The number of nitrogens with two attached hydrogens (primary N) is 1. The number of fused-ring (bicyclic) bond motifs is 2. The van der Waals surface area contributed by atoms with Crippen molar-refractivity contribution in [3.63, 3.8) is 0 Å². The van der Waals surface area contributed by atoms with Crippen LogP contribution in [0, 0.1) is 20.2 Å². The molecule has 0 amide bonds. The van der Waals surface area contributed by atoms with Gasteiger partial charge in [-0.2, -0.15) is 10.2 Å². The lowest BCUT2D eigenvalue weighted by Gasteiger charge is -2.00. The second kappa shape index (κ2) is 12.3. The van der Waals surface area contributed by atoms with Gasteiger partial charge >= 0.3 is 0 Å². The van der Waals surface area contributed by atoms with E-state index in [1.807, 2.05) is 5.38 Å². The molecule has 15 nitrogen and oxygen atoms in total. The highest BCUT2D eigenvalue weighted by molar-refractivity contribution is 7.11. The number of aromatic amines is 2. The summed E-state index contributed by atoms with van der Waals surface area (Å²) in [4.78, 5) is 37.9. The Morgan fingerprint density at radius 3 is 2.08 bits per heavy atom. The molecule has 5 N–H and O–H groups in total. The Bertz CT molecular complexity index is 1710. The van der Waals surface area contributed by atoms with Gasteiger partial charge in [-0.1, -0.05) is 0 Å². The van der Waals surface area contributed by atoms with E-state index < -0.39 is 9.85 Å². The molecule has 6 rings (SSSR count). The number of hydrogen-bond donors (Lipinski definition) is 4. The lowest BCUT2D eigenvalue weighted by Crippen LogP contribution is -1.99. The van der Waals surface area contributed by atoms with Crippen LogP contribution in [0.4, 0.5) is 23.0 Å². The molecule has 39 heavy (non-hydrogen) atoms. The van der Waals surface area contributed by atoms with Gasteiger partial charge in [-0.3, -0.25) is 35.2 Å². The Morgan fingerprint density at radius 1 is 0.897 bits per heavy atom. The topological polar surface area (TPSA) is 225 Å². The summed E-state index contributed by atoms with van der Waals surface area (Å²) in [5, 5.41) is 44.0. The number of nitro groups is 2. The molecule has 0 saturated carbocycles. The maximum Gasteiger partial charge on any atom is 0.270 e. The van der Waals surface area contributed by atoms with E-state index in [1.165, 1.54) is 46.9 Å². The molecule has 0 fully saturated rings. The number of thiazole rings is 2. The van der Waals surface area contributed by atoms with Gasteiger partial charge in [0.25, 0.3) is 11.4 Å². The summed E-state index contributed by atoms with van der Waals surface area (Å²) in [6, 6.07) is 8.98. The second-order valence-corrected chi connectivity index (χ2v) is 9.33. The number of nitrogens with zero attached hydrogens (tertiary/aromatic N) is 6. The Labute approximate surface area is 226 Å². The molecule has 6 aromatic rings. The number of rotatable bonds is 6. The van der Waals surface area contributed by atoms with Crippen molar-refractivity contribution in [2.75, 3.05) is 11.1 Å². The summed E-state index contributed by atoms with van der Waals surface area (Å²) in [5.74, 6) is 0.868. The van der Waals surface area contributed by atoms with Crippen LogP contribution in [-0.4, -0.2) is 46.5 Å². The fourth-order valence-electron chi connectivity index (χ4n) is 3.18. The first-order valence-electron chi connectivity index (χ1n) is 10.8. The first kappa shape index (κ1) is 26.8. The quantitative estimate of drug-likeness (QED) is 0.124. The van der Waals surface area contributed by atoms with Crippen molar-refractivity contribution in [3.05, 3.63) is 89.8 Å². The third-order valence-corrected chi connectivity index (χ3v) is 6.47. The molecule has 17 heteroatoms. The van der Waals surface area contributed by atoms with E-state index in [0.717, 1.165) is 16.8 Å². The van der Waals surface area contributed by atoms with Gasteiger partial charge in [0.2, 0.25) is 0 Å². The van der Waals surface area contributed by atoms with Gasteiger partial charge in [0.1, 0.15) is 5.01 Å². The SMILES string of the molecule is Nc1n[nH]c2ccc([N+](=O)[O-])cc12.O=Cc1nccs1.O=[N+]([O-])c1ccc2[nH]nc(NCc3nccs3)c2c1. The van der Waals surface area contributed by atoms with Crippen LogP contribution in [0.2, 0.25) is 0 Å². The zero-order valence-electron chi connectivity index (χ0n) is 19.7. The van der Waals surface area contributed by atoms with Gasteiger partial charge < -0.3 is 11.1 Å². The van der Waals surface area contributed by atoms with Crippen LogP contribution >= 0.6 is 22.7 Å². The molecular weight excluding hydrogens is 548 g/mol. The molecule has 0 atom stereocenters. The van der Waals surface area contributed by atoms with Crippen LogP contribution in [0.15, 0.2) is 59.6 Å². The predicted octanol–water partition coefficient (Wildman–Crippen LogP) is 4.55. The van der Waals surface area contributed by atoms with Gasteiger partial charge in [-0.05, 0) is 12.1 Å². The first-order chi connectivity index (χ1) is 18.9. The second-order valence-electron chi connectivity index (χ2n) is 7.42. The maximum atomic E-state index is 10.8. The van der Waals surface area contributed by atoms with Crippen LogP contribution in [0.25, 0.3) is 21.8 Å². The molecule has 4 aromatic heterocycles. The first-order valence-corrected chi connectivity index (χ1v) is 12.6. The van der Waals surface area contributed by atoms with E-state index in [2.05, 4.69) is 35.7 Å². The highest BCUT2D eigenvalue weighted by Crippen LogP contribution is 2.26. The van der Waals surface area contributed by atoms with E-state index in [9.17, 15) is 25.0 Å². The van der Waals surface area contributed by atoms with E-state index in [4.69, 9.17) is 5.73 Å². The van der Waals surface area contributed by atoms with Crippen LogP contribution in [0.1, 0.15) is 14.8 Å². The number of H-pyrrole nitrogens is 2. The van der Waals surface area contributed by atoms with Crippen LogP contribution < -0.4 is 11.1 Å². The third kappa shape index (κ3) is 6.73. The fourth-order valence-corrected chi connectivity index (χ4v) is 4.17. The number of carbonyl (C=O) groups excluding carboxylic acids is 1. The Kier molecular flexibility index (Phi) is 8.44. The van der Waals surface area contributed by atoms with Crippen LogP contribution in [-0.2, 0) is 6.54 Å². The normalized spacial score (nSPS) is 10.3. The summed E-state index contributed by atoms with van der Waals surface area (Å²) < 4.78 is 0. The molecule has 198 valence electrons. The molecule has 0 aliphatic heterocycles. The van der Waals surface area contributed by atoms with E-state index >= 15 is 0 Å². The van der Waals surface area contributed by atoms with Crippen molar-refractivity contribution in [2.24, 2.45) is 0 Å². The minimum Gasteiger partial charge on any atom is -0.382 e. The van der Waals surface area contributed by atoms with Crippen molar-refractivity contribution in [3.8, 4) is 0 Å². The summed E-state index contributed by atoms with van der Waals surface area (Å²) in [7, 11) is 0. The number of nitrogens with one attached hydrogen (secondary N) is 3. The van der Waals surface area contributed by atoms with Crippen molar-refractivity contribution in [1.29, 1.82) is 0 Å². The monoisotopic (exact) mass is 566 g/mol. The number of nitro benzene ring substituents is 2. The lowest BCUT2D eigenvalue weighted by atomic mass is 10.2. The van der Waals surface area contributed by atoms with E-state index in [-0.39, 0.29) is 17.2 Å². The Hall–Kier alpha value is -5.29. The summed E-state index contributed by atoms with van der Waals surface area (Å²) in [5.41, 5.74) is 7.00. The van der Waals surface area contributed by atoms with E-state index in [1.54, 1.807) is 29.9 Å².